The van der Waals surface area contributed by atoms with E-state index in [0.717, 1.165) is 52.6 Å². The van der Waals surface area contributed by atoms with Crippen LogP contribution in [0.2, 0.25) is 0 Å². The molecule has 0 radical (unpaired) electrons. The molecule has 1 unspecified atom stereocenters. The summed E-state index contributed by atoms with van der Waals surface area (Å²) in [5, 5.41) is 3.67. The average Bonchev–Trinajstić information content (AvgIpc) is 4.01. The molecular weight excluding hydrogens is 894 g/mol. The van der Waals surface area contributed by atoms with Crippen LogP contribution < -0.4 is 14.8 Å². The summed E-state index contributed by atoms with van der Waals surface area (Å²) in [4.78, 5) is 27.9. The lowest BCUT2D eigenvalue weighted by molar-refractivity contribution is -0.244. The Morgan fingerprint density at radius 3 is 1.76 bits per heavy atom. The first kappa shape index (κ1) is 48.2. The van der Waals surface area contributed by atoms with Crippen molar-refractivity contribution in [2.45, 2.75) is 75.2 Å². The molecule has 0 aliphatic carbocycles. The van der Waals surface area contributed by atoms with Gasteiger partial charge in [-0.1, -0.05) is 179 Å². The van der Waals surface area contributed by atoms with Crippen molar-refractivity contribution in [3.05, 3.63) is 216 Å². The number of fused-ring (bicyclic) bond motifs is 1. The molecule has 0 saturated carbocycles. The van der Waals surface area contributed by atoms with Crippen LogP contribution in [0.1, 0.15) is 85.6 Å². The van der Waals surface area contributed by atoms with E-state index in [9.17, 15) is 4.79 Å². The van der Waals surface area contributed by atoms with Crippen molar-refractivity contribution in [2.24, 2.45) is 5.92 Å². The minimum atomic E-state index is -2.09. The number of nitrogens with one attached hydrogen (secondary N) is 1. The lowest BCUT2D eigenvalue weighted by Gasteiger charge is -2.40. The summed E-state index contributed by atoms with van der Waals surface area (Å²) in [5.41, 5.74) is 2.71. The number of imidazole rings is 1. The van der Waals surface area contributed by atoms with Crippen molar-refractivity contribution in [3.8, 4) is 23.8 Å². The fourth-order valence-corrected chi connectivity index (χ4v) is 9.66. The molecule has 2 aromatic heterocycles. The molecule has 0 amide bonds. The number of rotatable bonds is 19. The van der Waals surface area contributed by atoms with E-state index in [2.05, 4.69) is 28.1 Å². The first-order valence-electron chi connectivity index (χ1n) is 23.9. The van der Waals surface area contributed by atoms with Crippen molar-refractivity contribution in [3.63, 3.8) is 0 Å². The lowest BCUT2D eigenvalue weighted by Crippen LogP contribution is -2.49. The van der Waals surface area contributed by atoms with Gasteiger partial charge in [-0.15, -0.1) is 6.42 Å². The van der Waals surface area contributed by atoms with Crippen LogP contribution in [0.15, 0.2) is 176 Å². The summed E-state index contributed by atoms with van der Waals surface area (Å²) in [6.45, 7) is 3.94. The molecule has 4 atom stereocenters. The van der Waals surface area contributed by atoms with Gasteiger partial charge in [-0.3, -0.25) is 9.36 Å². The molecule has 0 spiro atoms. The van der Waals surface area contributed by atoms with Crippen LogP contribution in [0.3, 0.4) is 0 Å². The zero-order chi connectivity index (χ0) is 49.4. The third-order valence-electron chi connectivity index (χ3n) is 13.4. The predicted octanol–water partition coefficient (Wildman–Crippen LogP) is 11.8. The standard InChI is InChI=1S/C59H56FN5O6/c1-6-8-13-22-41(3)55(66)71-57(7-2)50(69-59(45-27-18-11-19-28-45,46-29-20-12-21-30-46)47-33-37-49(68-5)38-34-47)39-51(70-57)65-40-61-52-53(62-56(60)63-54(52)65)64-58(42-23-14-9-15-24-42,43-25-16-10-17-26-43)44-31-35-48(67-4)36-32-44/h2,9-12,14-21,23-38,40-41,50-51H,6,8,13,22,39H2,1,3-5H3,(H,62,63,64)/t41?,50-,51+,57+/m0/s1. The molecule has 1 aliphatic heterocycles. The van der Waals surface area contributed by atoms with Crippen LogP contribution in [0, 0.1) is 24.3 Å². The Labute approximate surface area is 414 Å². The highest BCUT2D eigenvalue weighted by Gasteiger charge is 2.57. The van der Waals surface area contributed by atoms with Gasteiger partial charge in [-0.05, 0) is 70.0 Å². The van der Waals surface area contributed by atoms with Crippen LogP contribution in [-0.2, 0) is 30.1 Å². The summed E-state index contributed by atoms with van der Waals surface area (Å²) in [5.74, 6) is 1.07. The Bertz CT molecular complexity index is 3000. The second kappa shape index (κ2) is 21.0. The van der Waals surface area contributed by atoms with Gasteiger partial charge in [0.1, 0.15) is 35.0 Å². The number of benzene rings is 6. The van der Waals surface area contributed by atoms with Crippen molar-refractivity contribution >= 4 is 23.0 Å². The summed E-state index contributed by atoms with van der Waals surface area (Å²) in [6.07, 6.45) is 8.27. The fourth-order valence-electron chi connectivity index (χ4n) is 9.66. The Hall–Kier alpha value is -7.85. The zero-order valence-electron chi connectivity index (χ0n) is 40.2. The van der Waals surface area contributed by atoms with Gasteiger partial charge >= 0.3 is 17.8 Å². The molecule has 360 valence electrons. The number of nitrogens with zero attached hydrogens (tertiary/aromatic N) is 4. The Balaban J connectivity index is 1.19. The number of ether oxygens (including phenoxy) is 5. The summed E-state index contributed by atoms with van der Waals surface area (Å²) >= 11 is 0. The molecule has 71 heavy (non-hydrogen) atoms. The largest absolute Gasteiger partial charge is 0.497 e. The van der Waals surface area contributed by atoms with E-state index < -0.39 is 47.2 Å². The van der Waals surface area contributed by atoms with Gasteiger partial charge in [0.2, 0.25) is 0 Å². The monoisotopic (exact) mass is 949 g/mol. The number of hydrogen-bond donors (Lipinski definition) is 1. The molecule has 1 saturated heterocycles. The first-order valence-corrected chi connectivity index (χ1v) is 23.9. The maximum Gasteiger partial charge on any atom is 0.312 e. The molecule has 11 nitrogen and oxygen atoms in total. The van der Waals surface area contributed by atoms with Gasteiger partial charge in [0.25, 0.3) is 0 Å². The van der Waals surface area contributed by atoms with E-state index in [4.69, 9.17) is 35.1 Å². The second-order valence-corrected chi connectivity index (χ2v) is 17.7. The average molecular weight is 950 g/mol. The second-order valence-electron chi connectivity index (χ2n) is 17.7. The van der Waals surface area contributed by atoms with Gasteiger partial charge < -0.3 is 29.0 Å². The molecule has 12 heteroatoms. The predicted molar refractivity (Wildman–Crippen MR) is 271 cm³/mol. The molecule has 1 fully saturated rings. The normalized spacial score (nSPS) is 17.3. The Morgan fingerprint density at radius 1 is 0.761 bits per heavy atom. The molecule has 3 heterocycles. The lowest BCUT2D eigenvalue weighted by atomic mass is 9.77. The van der Waals surface area contributed by atoms with Gasteiger partial charge in [-0.25, -0.2) is 4.98 Å². The van der Waals surface area contributed by atoms with Crippen LogP contribution in [0.25, 0.3) is 11.2 Å². The van der Waals surface area contributed by atoms with E-state index in [1.807, 2.05) is 177 Å². The van der Waals surface area contributed by atoms with Crippen molar-refractivity contribution in [1.82, 2.24) is 19.5 Å². The van der Waals surface area contributed by atoms with Gasteiger partial charge in [0.15, 0.2) is 17.0 Å². The highest BCUT2D eigenvalue weighted by atomic mass is 19.1. The number of aromatic nitrogens is 4. The minimum absolute atomic E-state index is 0.0168. The van der Waals surface area contributed by atoms with E-state index in [1.165, 1.54) is 6.33 Å². The third kappa shape index (κ3) is 9.34. The molecule has 6 aromatic carbocycles. The molecular formula is C59H56FN5O6. The summed E-state index contributed by atoms with van der Waals surface area (Å²) < 4.78 is 50.0. The quantitative estimate of drug-likeness (QED) is 0.0276. The smallest absolute Gasteiger partial charge is 0.312 e. The molecule has 0 bridgehead atoms. The Kier molecular flexibility index (Phi) is 14.3. The highest BCUT2D eigenvalue weighted by Crippen LogP contribution is 2.49. The van der Waals surface area contributed by atoms with Gasteiger partial charge in [0, 0.05) is 6.42 Å². The molecule has 9 rings (SSSR count). The maximum atomic E-state index is 16.3. The summed E-state index contributed by atoms with van der Waals surface area (Å²) in [7, 11) is 3.23. The number of esters is 1. The maximum absolute atomic E-state index is 16.3. The number of methoxy groups -OCH3 is 2. The minimum Gasteiger partial charge on any atom is -0.497 e. The SMILES string of the molecule is C#C[C@]1(OC(=O)C(C)CCCCC)O[C@@H](n2cnc3c(NC(c4ccccc4)(c4ccccc4)c4ccc(OC)cc4)nc(F)nc32)C[C@@H]1OC(c1ccccc1)(c1ccccc1)c1ccc(OC)cc1. The Morgan fingerprint density at radius 2 is 1.25 bits per heavy atom. The summed E-state index contributed by atoms with van der Waals surface area (Å²) in [6, 6.07) is 54.6. The van der Waals surface area contributed by atoms with E-state index in [0.29, 0.717) is 17.9 Å². The van der Waals surface area contributed by atoms with E-state index in [1.54, 1.807) is 18.8 Å². The van der Waals surface area contributed by atoms with E-state index >= 15 is 4.39 Å². The fraction of sp³-hybridized carbons (Fsp3) is 0.254. The van der Waals surface area contributed by atoms with Crippen LogP contribution in [-0.4, -0.2) is 51.6 Å². The molecule has 1 aliphatic rings. The van der Waals surface area contributed by atoms with E-state index in [-0.39, 0.29) is 23.4 Å². The van der Waals surface area contributed by atoms with Crippen LogP contribution in [0.4, 0.5) is 10.2 Å². The highest BCUT2D eigenvalue weighted by molar-refractivity contribution is 5.84. The number of unbranched alkanes of at least 4 members (excludes halogenated alkanes) is 2. The number of halogens is 1. The van der Waals surface area contributed by atoms with Gasteiger partial charge in [-0.2, -0.15) is 14.4 Å². The number of anilines is 1. The van der Waals surface area contributed by atoms with Crippen molar-refractivity contribution < 1.29 is 32.9 Å². The number of carbonyl (C=O) groups excluding carboxylic acids is 1. The number of carbonyl (C=O) groups is 1. The number of hydrogen-bond acceptors (Lipinski definition) is 10. The topological polar surface area (TPSA) is 119 Å². The van der Waals surface area contributed by atoms with Crippen LogP contribution in [0.5, 0.6) is 11.5 Å². The van der Waals surface area contributed by atoms with Crippen molar-refractivity contribution in [2.75, 3.05) is 19.5 Å². The van der Waals surface area contributed by atoms with Crippen LogP contribution >= 0.6 is 0 Å². The molecule has 1 N–H and O–H groups in total. The van der Waals surface area contributed by atoms with Gasteiger partial charge in [0.05, 0.1) is 26.5 Å². The zero-order valence-corrected chi connectivity index (χ0v) is 40.2. The molecule has 8 aromatic rings. The number of terminal acetylenes is 1. The third-order valence-corrected chi connectivity index (χ3v) is 13.4. The van der Waals surface area contributed by atoms with Crippen molar-refractivity contribution in [1.29, 1.82) is 0 Å². The first-order chi connectivity index (χ1) is 34.7.